The van der Waals surface area contributed by atoms with Crippen LogP contribution in [0.15, 0.2) is 10.5 Å². The molecule has 0 amide bonds. The van der Waals surface area contributed by atoms with Crippen molar-refractivity contribution in [3.8, 4) is 0 Å². The van der Waals surface area contributed by atoms with Crippen LogP contribution in [0.2, 0.25) is 0 Å². The molecule has 0 bridgehead atoms. The van der Waals surface area contributed by atoms with Gasteiger partial charge in [0.1, 0.15) is 21.9 Å². The molecule has 0 atom stereocenters. The van der Waals surface area contributed by atoms with E-state index >= 15 is 0 Å². The molecule has 1 N–H and O–H groups in total. The molecule has 0 spiro atoms. The van der Waals surface area contributed by atoms with E-state index in [1.54, 1.807) is 41.5 Å². The van der Waals surface area contributed by atoms with Crippen molar-refractivity contribution >= 4 is 35.0 Å². The first kappa shape index (κ1) is 24.5. The molecule has 10 heteroatoms. The van der Waals surface area contributed by atoms with Crippen LogP contribution in [0.4, 0.5) is 0 Å². The van der Waals surface area contributed by atoms with E-state index < -0.39 is 40.4 Å². The van der Waals surface area contributed by atoms with Crippen LogP contribution in [-0.2, 0) is 35.1 Å². The summed E-state index contributed by atoms with van der Waals surface area (Å²) in [7, 11) is 0. The molecule has 0 aliphatic rings. The maximum Gasteiger partial charge on any atom is 0.360 e. The van der Waals surface area contributed by atoms with Crippen LogP contribution in [0.1, 0.15) is 66.1 Å². The van der Waals surface area contributed by atoms with Gasteiger partial charge in [-0.15, -0.1) is 11.3 Å². The van der Waals surface area contributed by atoms with E-state index in [0.717, 1.165) is 11.3 Å². The number of carboxylic acids is 1. The average Bonchev–Trinajstić information content (AvgIpc) is 2.91. The van der Waals surface area contributed by atoms with Crippen LogP contribution >= 0.6 is 11.3 Å². The zero-order chi connectivity index (χ0) is 22.6. The first-order valence-corrected chi connectivity index (χ1v) is 9.78. The Morgan fingerprint density at radius 2 is 1.59 bits per heavy atom. The molecule has 29 heavy (non-hydrogen) atoms. The highest BCUT2D eigenvalue weighted by molar-refractivity contribution is 7.10. The van der Waals surface area contributed by atoms with Gasteiger partial charge in [-0.2, -0.15) is 0 Å². The summed E-state index contributed by atoms with van der Waals surface area (Å²) in [5, 5.41) is 14.9. The molecule has 0 unspecified atom stereocenters. The standard InChI is InChI=1S/C19H28N2O7S/c1-17(2,3)26-13(22)9-12-20-11(10-29-12)14(15(23)24)21-28-19(7,8)16(25)27-18(4,5)6/h10H,9H2,1-8H3,(H,23,24)/b21-14-. The van der Waals surface area contributed by atoms with E-state index in [2.05, 4.69) is 10.1 Å². The fraction of sp³-hybridized carbons (Fsp3) is 0.632. The minimum atomic E-state index is -1.51. The molecule has 0 aliphatic carbocycles. The molecule has 0 saturated heterocycles. The molecule has 0 aliphatic heterocycles. The molecule has 0 saturated carbocycles. The number of carboxylic acid groups (broad SMARTS) is 1. The molecule has 9 nitrogen and oxygen atoms in total. The third-order valence-electron chi connectivity index (χ3n) is 2.97. The number of hydrogen-bond acceptors (Lipinski definition) is 9. The number of oxime groups is 1. The minimum absolute atomic E-state index is 0.0149. The molecule has 1 rings (SSSR count). The molecule has 162 valence electrons. The third kappa shape index (κ3) is 8.59. The number of carbonyl (C=O) groups is 3. The van der Waals surface area contributed by atoms with Gasteiger partial charge in [-0.05, 0) is 55.4 Å². The van der Waals surface area contributed by atoms with Crippen molar-refractivity contribution in [1.82, 2.24) is 4.98 Å². The number of esters is 2. The molecule has 0 aromatic carbocycles. The summed E-state index contributed by atoms with van der Waals surface area (Å²) in [6.45, 7) is 13.2. The quantitative estimate of drug-likeness (QED) is 0.399. The van der Waals surface area contributed by atoms with Crippen LogP contribution in [0, 0.1) is 0 Å². The number of hydrogen-bond donors (Lipinski definition) is 1. The van der Waals surface area contributed by atoms with Crippen molar-refractivity contribution < 1.29 is 33.8 Å². The topological polar surface area (TPSA) is 124 Å². The van der Waals surface area contributed by atoms with Gasteiger partial charge in [0, 0.05) is 5.38 Å². The molecule has 0 radical (unpaired) electrons. The summed E-state index contributed by atoms with van der Waals surface area (Å²) >= 11 is 1.09. The van der Waals surface area contributed by atoms with E-state index in [1.165, 1.54) is 19.2 Å². The number of thiazole rings is 1. The fourth-order valence-electron chi connectivity index (χ4n) is 1.80. The second-order valence-corrected chi connectivity index (χ2v) is 9.68. The van der Waals surface area contributed by atoms with Crippen molar-refractivity contribution in [3.63, 3.8) is 0 Å². The fourth-order valence-corrected chi connectivity index (χ4v) is 2.56. The highest BCUT2D eigenvalue weighted by Crippen LogP contribution is 2.19. The van der Waals surface area contributed by atoms with Gasteiger partial charge in [0.25, 0.3) is 0 Å². The number of carbonyl (C=O) groups excluding carboxylic acids is 2. The average molecular weight is 429 g/mol. The van der Waals surface area contributed by atoms with Crippen molar-refractivity contribution in [3.05, 3.63) is 16.1 Å². The number of aliphatic carboxylic acids is 1. The molecular weight excluding hydrogens is 400 g/mol. The maximum atomic E-state index is 12.2. The lowest BCUT2D eigenvalue weighted by molar-refractivity contribution is -0.179. The summed E-state index contributed by atoms with van der Waals surface area (Å²) < 4.78 is 10.5. The third-order valence-corrected chi connectivity index (χ3v) is 3.82. The Hall–Kier alpha value is -2.49. The number of aromatic nitrogens is 1. The smallest absolute Gasteiger partial charge is 0.360 e. The summed E-state index contributed by atoms with van der Waals surface area (Å²) in [6.07, 6.45) is -0.0981. The maximum absolute atomic E-state index is 12.2. The predicted molar refractivity (Wildman–Crippen MR) is 107 cm³/mol. The van der Waals surface area contributed by atoms with Crippen LogP contribution in [0.25, 0.3) is 0 Å². The van der Waals surface area contributed by atoms with Gasteiger partial charge in [0.2, 0.25) is 11.3 Å². The number of nitrogens with zero attached hydrogens (tertiary/aromatic N) is 2. The zero-order valence-electron chi connectivity index (χ0n) is 18.0. The Kier molecular flexibility index (Phi) is 7.53. The molecule has 1 heterocycles. The Morgan fingerprint density at radius 3 is 2.07 bits per heavy atom. The normalized spacial score (nSPS) is 13.0. The summed E-state index contributed by atoms with van der Waals surface area (Å²) in [6, 6.07) is 0. The largest absolute Gasteiger partial charge is 0.476 e. The van der Waals surface area contributed by atoms with Crippen LogP contribution in [0.5, 0.6) is 0 Å². The second-order valence-electron chi connectivity index (χ2n) is 8.74. The lowest BCUT2D eigenvalue weighted by Gasteiger charge is -2.26. The molecule has 1 aromatic rings. The van der Waals surface area contributed by atoms with Gasteiger partial charge in [0.05, 0.1) is 6.42 Å². The molecule has 0 fully saturated rings. The zero-order valence-corrected chi connectivity index (χ0v) is 18.8. The van der Waals surface area contributed by atoms with Crippen LogP contribution in [0.3, 0.4) is 0 Å². The van der Waals surface area contributed by atoms with Crippen LogP contribution < -0.4 is 0 Å². The second kappa shape index (κ2) is 8.89. The van der Waals surface area contributed by atoms with Gasteiger partial charge in [0.15, 0.2) is 0 Å². The van der Waals surface area contributed by atoms with E-state index in [-0.39, 0.29) is 12.1 Å². The Balaban J connectivity index is 2.96. The highest BCUT2D eigenvalue weighted by atomic mass is 32.1. The van der Waals surface area contributed by atoms with Gasteiger partial charge in [-0.25, -0.2) is 14.6 Å². The Bertz CT molecular complexity index is 798. The monoisotopic (exact) mass is 428 g/mol. The first-order chi connectivity index (χ1) is 13.0. The van der Waals surface area contributed by atoms with Gasteiger partial charge in [-0.3, -0.25) is 4.79 Å². The summed E-state index contributed by atoms with van der Waals surface area (Å²) in [4.78, 5) is 45.0. The number of ether oxygens (including phenoxy) is 2. The van der Waals surface area contributed by atoms with Crippen molar-refractivity contribution in [2.75, 3.05) is 0 Å². The lowest BCUT2D eigenvalue weighted by atomic mass is 10.1. The highest BCUT2D eigenvalue weighted by Gasteiger charge is 2.36. The Morgan fingerprint density at radius 1 is 1.03 bits per heavy atom. The summed E-state index contributed by atoms with van der Waals surface area (Å²) in [5.74, 6) is -2.56. The van der Waals surface area contributed by atoms with Crippen molar-refractivity contribution in [2.45, 2.75) is 78.6 Å². The SMILES string of the molecule is CC(C)(C)OC(=O)Cc1nc(/C(=N/OC(C)(C)C(=O)OC(C)(C)C)C(=O)O)cs1. The van der Waals surface area contributed by atoms with Crippen LogP contribution in [-0.4, -0.2) is 50.5 Å². The first-order valence-electron chi connectivity index (χ1n) is 8.90. The van der Waals surface area contributed by atoms with Crippen molar-refractivity contribution in [2.24, 2.45) is 5.16 Å². The molecular formula is C19H28N2O7S. The van der Waals surface area contributed by atoms with E-state index in [0.29, 0.717) is 5.01 Å². The van der Waals surface area contributed by atoms with Gasteiger partial charge < -0.3 is 19.4 Å². The minimum Gasteiger partial charge on any atom is -0.476 e. The Labute approximate surface area is 174 Å². The van der Waals surface area contributed by atoms with E-state index in [9.17, 15) is 19.5 Å². The predicted octanol–water partition coefficient (Wildman–Crippen LogP) is 2.95. The lowest BCUT2D eigenvalue weighted by Crippen LogP contribution is -2.40. The van der Waals surface area contributed by atoms with E-state index in [4.69, 9.17) is 14.3 Å². The van der Waals surface area contributed by atoms with E-state index in [1.807, 2.05) is 0 Å². The van der Waals surface area contributed by atoms with Gasteiger partial charge in [-0.1, -0.05) is 5.16 Å². The molecule has 1 aromatic heterocycles. The summed E-state index contributed by atoms with van der Waals surface area (Å²) in [5.41, 5.74) is -3.35. The van der Waals surface area contributed by atoms with Gasteiger partial charge >= 0.3 is 17.9 Å². The van der Waals surface area contributed by atoms with Crippen molar-refractivity contribution in [1.29, 1.82) is 0 Å². The number of rotatable bonds is 7.